The summed E-state index contributed by atoms with van der Waals surface area (Å²) >= 11 is 1.53. The van der Waals surface area contributed by atoms with Gasteiger partial charge in [0.1, 0.15) is 6.33 Å². The average Bonchev–Trinajstić information content (AvgIpc) is 2.43. The first kappa shape index (κ1) is 14.3. The highest BCUT2D eigenvalue weighted by atomic mass is 32.2. The number of anilines is 2. The number of benzene rings is 1. The zero-order chi connectivity index (χ0) is 14.4. The van der Waals surface area contributed by atoms with Crippen molar-refractivity contribution < 1.29 is 4.79 Å². The average molecular weight is 288 g/mol. The van der Waals surface area contributed by atoms with E-state index in [0.717, 1.165) is 16.3 Å². The SMILES string of the molecule is Cc1cc(N)ccc1NC(=O)CCSc1ccncn1. The summed E-state index contributed by atoms with van der Waals surface area (Å²) in [6, 6.07) is 7.26. The monoisotopic (exact) mass is 288 g/mol. The van der Waals surface area contributed by atoms with Crippen LogP contribution in [0.4, 0.5) is 11.4 Å². The van der Waals surface area contributed by atoms with Crippen LogP contribution in [0.1, 0.15) is 12.0 Å². The number of thioether (sulfide) groups is 1. The summed E-state index contributed by atoms with van der Waals surface area (Å²) in [6.45, 7) is 1.92. The second-order valence-corrected chi connectivity index (χ2v) is 5.38. The van der Waals surface area contributed by atoms with Crippen LogP contribution in [0.5, 0.6) is 0 Å². The maximum Gasteiger partial charge on any atom is 0.225 e. The predicted octanol–water partition coefficient (Wildman–Crippen LogP) is 2.49. The predicted molar refractivity (Wildman–Crippen MR) is 81.6 cm³/mol. The third kappa shape index (κ3) is 4.24. The summed E-state index contributed by atoms with van der Waals surface area (Å²) in [5.41, 5.74) is 8.13. The second kappa shape index (κ2) is 6.91. The molecule has 0 fully saturated rings. The Kier molecular flexibility index (Phi) is 4.95. The number of carbonyl (C=O) groups is 1. The van der Waals surface area contributed by atoms with Gasteiger partial charge in [-0.1, -0.05) is 0 Å². The van der Waals surface area contributed by atoms with E-state index in [4.69, 9.17) is 5.73 Å². The van der Waals surface area contributed by atoms with E-state index in [1.165, 1.54) is 18.1 Å². The van der Waals surface area contributed by atoms with Crippen molar-refractivity contribution in [1.29, 1.82) is 0 Å². The van der Waals surface area contributed by atoms with E-state index in [1.807, 2.05) is 25.1 Å². The van der Waals surface area contributed by atoms with Crippen molar-refractivity contribution in [3.8, 4) is 0 Å². The standard InChI is InChI=1S/C14H16N4OS/c1-10-8-11(15)2-3-12(10)18-13(19)5-7-20-14-4-6-16-9-17-14/h2-4,6,8-9H,5,7,15H2,1H3,(H,18,19). The van der Waals surface area contributed by atoms with Gasteiger partial charge in [-0.25, -0.2) is 9.97 Å². The van der Waals surface area contributed by atoms with E-state index in [1.54, 1.807) is 12.3 Å². The van der Waals surface area contributed by atoms with Crippen molar-refractivity contribution in [3.63, 3.8) is 0 Å². The molecule has 1 amide bonds. The number of amides is 1. The Morgan fingerprint density at radius 1 is 1.40 bits per heavy atom. The van der Waals surface area contributed by atoms with Crippen LogP contribution in [0.15, 0.2) is 41.8 Å². The molecular formula is C14H16N4OS. The molecular weight excluding hydrogens is 272 g/mol. The molecule has 0 spiro atoms. The molecule has 2 rings (SSSR count). The quantitative estimate of drug-likeness (QED) is 0.502. The van der Waals surface area contributed by atoms with Gasteiger partial charge in [-0.05, 0) is 36.8 Å². The van der Waals surface area contributed by atoms with Gasteiger partial charge in [0.15, 0.2) is 0 Å². The molecule has 0 aliphatic heterocycles. The summed E-state index contributed by atoms with van der Waals surface area (Å²) < 4.78 is 0. The van der Waals surface area contributed by atoms with Crippen LogP contribution in [-0.4, -0.2) is 21.6 Å². The van der Waals surface area contributed by atoms with Crippen LogP contribution < -0.4 is 11.1 Å². The number of nitrogens with zero attached hydrogens (tertiary/aromatic N) is 2. The van der Waals surface area contributed by atoms with Crippen LogP contribution in [-0.2, 0) is 4.79 Å². The van der Waals surface area contributed by atoms with E-state index in [2.05, 4.69) is 15.3 Å². The topological polar surface area (TPSA) is 80.9 Å². The lowest BCUT2D eigenvalue weighted by Gasteiger charge is -2.08. The lowest BCUT2D eigenvalue weighted by molar-refractivity contribution is -0.115. The molecule has 20 heavy (non-hydrogen) atoms. The molecule has 0 saturated carbocycles. The molecule has 0 bridgehead atoms. The molecule has 6 heteroatoms. The van der Waals surface area contributed by atoms with Crippen LogP contribution in [0.2, 0.25) is 0 Å². The smallest absolute Gasteiger partial charge is 0.225 e. The molecule has 1 heterocycles. The Bertz CT molecular complexity index is 589. The maximum atomic E-state index is 11.9. The molecule has 2 aromatic rings. The van der Waals surface area contributed by atoms with Crippen LogP contribution in [0.25, 0.3) is 0 Å². The molecule has 0 saturated heterocycles. The molecule has 0 aliphatic rings. The van der Waals surface area contributed by atoms with Gasteiger partial charge in [0.2, 0.25) is 5.91 Å². The lowest BCUT2D eigenvalue weighted by atomic mass is 10.2. The largest absolute Gasteiger partial charge is 0.399 e. The molecule has 1 aromatic carbocycles. The molecule has 0 atom stereocenters. The molecule has 0 aliphatic carbocycles. The number of aryl methyl sites for hydroxylation is 1. The highest BCUT2D eigenvalue weighted by Gasteiger charge is 2.05. The first-order chi connectivity index (χ1) is 9.65. The number of nitrogens with one attached hydrogen (secondary N) is 1. The number of hydrogen-bond acceptors (Lipinski definition) is 5. The van der Waals surface area contributed by atoms with Crippen LogP contribution >= 0.6 is 11.8 Å². The van der Waals surface area contributed by atoms with E-state index < -0.39 is 0 Å². The number of carbonyl (C=O) groups excluding carboxylic acids is 1. The van der Waals surface area contributed by atoms with E-state index in [-0.39, 0.29) is 5.91 Å². The first-order valence-electron chi connectivity index (χ1n) is 6.20. The zero-order valence-corrected chi connectivity index (χ0v) is 12.0. The van der Waals surface area contributed by atoms with Crippen molar-refractivity contribution in [2.75, 3.05) is 16.8 Å². The molecule has 3 N–H and O–H groups in total. The number of hydrogen-bond donors (Lipinski definition) is 2. The Labute approximate surface area is 122 Å². The van der Waals surface area contributed by atoms with E-state index >= 15 is 0 Å². The third-order valence-electron chi connectivity index (χ3n) is 2.66. The molecule has 5 nitrogen and oxygen atoms in total. The fourth-order valence-electron chi connectivity index (χ4n) is 1.65. The van der Waals surface area contributed by atoms with Crippen LogP contribution in [0.3, 0.4) is 0 Å². The Morgan fingerprint density at radius 2 is 2.25 bits per heavy atom. The summed E-state index contributed by atoms with van der Waals surface area (Å²) in [5, 5.41) is 3.75. The van der Waals surface area contributed by atoms with Gasteiger partial charge in [0, 0.05) is 29.7 Å². The maximum absolute atomic E-state index is 11.9. The summed E-state index contributed by atoms with van der Waals surface area (Å²) in [6.07, 6.45) is 3.62. The molecule has 104 valence electrons. The first-order valence-corrected chi connectivity index (χ1v) is 7.18. The highest BCUT2D eigenvalue weighted by molar-refractivity contribution is 7.99. The van der Waals surface area contributed by atoms with Gasteiger partial charge in [-0.2, -0.15) is 0 Å². The minimum atomic E-state index is -0.0144. The molecule has 1 aromatic heterocycles. The van der Waals surface area contributed by atoms with Crippen LogP contribution in [0, 0.1) is 6.92 Å². The van der Waals surface area contributed by atoms with Gasteiger partial charge in [0.25, 0.3) is 0 Å². The van der Waals surface area contributed by atoms with E-state index in [0.29, 0.717) is 17.9 Å². The van der Waals surface area contributed by atoms with E-state index in [9.17, 15) is 4.79 Å². The number of nitrogen functional groups attached to an aromatic ring is 1. The summed E-state index contributed by atoms with van der Waals surface area (Å²) in [4.78, 5) is 19.8. The number of nitrogens with two attached hydrogens (primary N) is 1. The number of aromatic nitrogens is 2. The fourth-order valence-corrected chi connectivity index (χ4v) is 2.43. The zero-order valence-electron chi connectivity index (χ0n) is 11.2. The van der Waals surface area contributed by atoms with Crippen molar-refractivity contribution in [1.82, 2.24) is 9.97 Å². The number of rotatable bonds is 5. The molecule has 0 radical (unpaired) electrons. The van der Waals surface area contributed by atoms with Crippen molar-refractivity contribution in [2.45, 2.75) is 18.4 Å². The third-order valence-corrected chi connectivity index (χ3v) is 3.60. The summed E-state index contributed by atoms with van der Waals surface area (Å²) in [7, 11) is 0. The van der Waals surface area contributed by atoms with Gasteiger partial charge in [-0.15, -0.1) is 11.8 Å². The van der Waals surface area contributed by atoms with Crippen molar-refractivity contribution >= 4 is 29.0 Å². The van der Waals surface area contributed by atoms with Crippen molar-refractivity contribution in [2.24, 2.45) is 0 Å². The van der Waals surface area contributed by atoms with Gasteiger partial charge in [-0.3, -0.25) is 4.79 Å². The Morgan fingerprint density at radius 3 is 2.95 bits per heavy atom. The van der Waals surface area contributed by atoms with Crippen molar-refractivity contribution in [3.05, 3.63) is 42.4 Å². The Balaban J connectivity index is 1.81. The second-order valence-electron chi connectivity index (χ2n) is 4.27. The minimum absolute atomic E-state index is 0.0144. The lowest BCUT2D eigenvalue weighted by Crippen LogP contribution is -2.13. The van der Waals surface area contributed by atoms with Gasteiger partial charge >= 0.3 is 0 Å². The van der Waals surface area contributed by atoms with Gasteiger partial charge < -0.3 is 11.1 Å². The normalized spacial score (nSPS) is 10.2. The minimum Gasteiger partial charge on any atom is -0.399 e. The summed E-state index contributed by atoms with van der Waals surface area (Å²) in [5.74, 6) is 0.663. The molecule has 0 unspecified atom stereocenters. The Hall–Kier alpha value is -2.08. The van der Waals surface area contributed by atoms with Gasteiger partial charge in [0.05, 0.1) is 5.03 Å². The fraction of sp³-hybridized carbons (Fsp3) is 0.214. The highest BCUT2D eigenvalue weighted by Crippen LogP contribution is 2.19.